The van der Waals surface area contributed by atoms with Gasteiger partial charge < -0.3 is 10.4 Å². The summed E-state index contributed by atoms with van der Waals surface area (Å²) in [7, 11) is 0. The highest BCUT2D eigenvalue weighted by atomic mass is 16.4. The number of nitrogens with one attached hydrogen (secondary N) is 1. The Hall–Kier alpha value is -1.88. The van der Waals surface area contributed by atoms with Crippen molar-refractivity contribution in [3.05, 3.63) is 35.9 Å². The number of piperidine rings is 1. The molecular weight excluding hydrogens is 292 g/mol. The van der Waals surface area contributed by atoms with Gasteiger partial charge in [0, 0.05) is 12.5 Å². The van der Waals surface area contributed by atoms with E-state index in [-0.39, 0.29) is 11.8 Å². The summed E-state index contributed by atoms with van der Waals surface area (Å²) in [5, 5.41) is 12.0. The van der Waals surface area contributed by atoms with Crippen LogP contribution in [0.2, 0.25) is 0 Å². The average molecular weight is 318 g/mol. The molecule has 1 amide bonds. The van der Waals surface area contributed by atoms with Crippen LogP contribution < -0.4 is 5.32 Å². The molecule has 5 nitrogen and oxygen atoms in total. The SMILES string of the molecule is CCC(C)(NC(=O)C1CCN(Cc2ccccc2)CC1)C(=O)O. The van der Waals surface area contributed by atoms with E-state index in [0.717, 1.165) is 32.5 Å². The molecule has 1 aliphatic heterocycles. The second-order valence-corrected chi connectivity index (χ2v) is 6.52. The van der Waals surface area contributed by atoms with Crippen molar-refractivity contribution in [1.82, 2.24) is 10.2 Å². The molecule has 1 heterocycles. The Morgan fingerprint density at radius 2 is 1.87 bits per heavy atom. The predicted octanol–water partition coefficient (Wildman–Crippen LogP) is 2.27. The van der Waals surface area contributed by atoms with E-state index < -0.39 is 11.5 Å². The van der Waals surface area contributed by atoms with Crippen LogP contribution in [0.4, 0.5) is 0 Å². The number of likely N-dealkylation sites (tertiary alicyclic amines) is 1. The molecule has 1 aromatic carbocycles. The Bertz CT molecular complexity index is 538. The lowest BCUT2D eigenvalue weighted by Gasteiger charge is -2.33. The highest BCUT2D eigenvalue weighted by Crippen LogP contribution is 2.21. The van der Waals surface area contributed by atoms with E-state index in [2.05, 4.69) is 22.3 Å². The zero-order valence-electron chi connectivity index (χ0n) is 13.9. The van der Waals surface area contributed by atoms with Gasteiger partial charge in [-0.25, -0.2) is 4.79 Å². The molecule has 0 aliphatic carbocycles. The van der Waals surface area contributed by atoms with E-state index in [1.54, 1.807) is 13.8 Å². The third kappa shape index (κ3) is 4.55. The standard InChI is InChI=1S/C18H26N2O3/c1-3-18(2,17(22)23)19-16(21)15-9-11-20(12-10-15)13-14-7-5-4-6-8-14/h4-8,15H,3,9-13H2,1-2H3,(H,19,21)(H,22,23). The van der Waals surface area contributed by atoms with Crippen LogP contribution in [0.25, 0.3) is 0 Å². The second kappa shape index (κ2) is 7.59. The van der Waals surface area contributed by atoms with Gasteiger partial charge in [-0.05, 0) is 44.8 Å². The molecule has 1 saturated heterocycles. The summed E-state index contributed by atoms with van der Waals surface area (Å²) in [6.45, 7) is 5.97. The Labute approximate surface area is 137 Å². The molecular formula is C18H26N2O3. The molecule has 1 fully saturated rings. The zero-order chi connectivity index (χ0) is 16.9. The van der Waals surface area contributed by atoms with Crippen molar-refractivity contribution in [3.63, 3.8) is 0 Å². The fourth-order valence-electron chi connectivity index (χ4n) is 2.86. The summed E-state index contributed by atoms with van der Waals surface area (Å²) in [5.74, 6) is -1.20. The number of rotatable bonds is 6. The first kappa shape index (κ1) is 17.5. The maximum Gasteiger partial charge on any atom is 0.329 e. The number of carboxylic acid groups (broad SMARTS) is 1. The number of nitrogens with zero attached hydrogens (tertiary/aromatic N) is 1. The summed E-state index contributed by atoms with van der Waals surface area (Å²) < 4.78 is 0. The van der Waals surface area contributed by atoms with Gasteiger partial charge in [-0.1, -0.05) is 37.3 Å². The molecule has 1 unspecified atom stereocenters. The van der Waals surface area contributed by atoms with Gasteiger partial charge in [-0.2, -0.15) is 0 Å². The van der Waals surface area contributed by atoms with Crippen LogP contribution in [0.3, 0.4) is 0 Å². The van der Waals surface area contributed by atoms with E-state index >= 15 is 0 Å². The number of carboxylic acids is 1. The van der Waals surface area contributed by atoms with Gasteiger partial charge in [-0.3, -0.25) is 9.69 Å². The largest absolute Gasteiger partial charge is 0.480 e. The topological polar surface area (TPSA) is 69.6 Å². The molecule has 0 radical (unpaired) electrons. The van der Waals surface area contributed by atoms with Gasteiger partial charge in [0.05, 0.1) is 0 Å². The molecule has 2 N–H and O–H groups in total. The maximum absolute atomic E-state index is 12.3. The van der Waals surface area contributed by atoms with Crippen molar-refractivity contribution < 1.29 is 14.7 Å². The normalized spacial score (nSPS) is 19.0. The molecule has 5 heteroatoms. The minimum absolute atomic E-state index is 0.0905. The minimum atomic E-state index is -1.17. The number of carbonyl (C=O) groups excluding carboxylic acids is 1. The van der Waals surface area contributed by atoms with Gasteiger partial charge in [0.25, 0.3) is 0 Å². The fraction of sp³-hybridized carbons (Fsp3) is 0.556. The van der Waals surface area contributed by atoms with E-state index in [1.807, 2.05) is 18.2 Å². The zero-order valence-corrected chi connectivity index (χ0v) is 13.9. The number of hydrogen-bond acceptors (Lipinski definition) is 3. The number of aliphatic carboxylic acids is 1. The minimum Gasteiger partial charge on any atom is -0.480 e. The summed E-state index contributed by atoms with van der Waals surface area (Å²) in [6, 6.07) is 10.3. The number of amides is 1. The first-order valence-electron chi connectivity index (χ1n) is 8.26. The predicted molar refractivity (Wildman–Crippen MR) is 88.9 cm³/mol. The second-order valence-electron chi connectivity index (χ2n) is 6.52. The molecule has 23 heavy (non-hydrogen) atoms. The van der Waals surface area contributed by atoms with Crippen molar-refractivity contribution in [1.29, 1.82) is 0 Å². The number of hydrogen-bond donors (Lipinski definition) is 2. The van der Waals surface area contributed by atoms with Gasteiger partial charge in [0.2, 0.25) is 5.91 Å². The van der Waals surface area contributed by atoms with Crippen molar-refractivity contribution in [2.45, 2.75) is 45.2 Å². The van der Waals surface area contributed by atoms with Gasteiger partial charge in [-0.15, -0.1) is 0 Å². The van der Waals surface area contributed by atoms with Crippen LogP contribution >= 0.6 is 0 Å². The van der Waals surface area contributed by atoms with Crippen molar-refractivity contribution in [3.8, 4) is 0 Å². The van der Waals surface area contributed by atoms with Gasteiger partial charge >= 0.3 is 5.97 Å². The Morgan fingerprint density at radius 3 is 2.39 bits per heavy atom. The van der Waals surface area contributed by atoms with Gasteiger partial charge in [0.1, 0.15) is 5.54 Å². The van der Waals surface area contributed by atoms with Crippen LogP contribution in [0, 0.1) is 5.92 Å². The van der Waals surface area contributed by atoms with E-state index in [9.17, 15) is 14.7 Å². The van der Waals surface area contributed by atoms with Crippen LogP contribution in [0.1, 0.15) is 38.7 Å². The molecule has 0 spiro atoms. The summed E-state index contributed by atoms with van der Waals surface area (Å²) in [6.07, 6.45) is 1.93. The maximum atomic E-state index is 12.3. The monoisotopic (exact) mass is 318 g/mol. The molecule has 0 saturated carbocycles. The summed E-state index contributed by atoms with van der Waals surface area (Å²) in [4.78, 5) is 26.0. The highest BCUT2D eigenvalue weighted by molar-refractivity contribution is 5.87. The number of benzene rings is 1. The lowest BCUT2D eigenvalue weighted by molar-refractivity contribution is -0.148. The molecule has 1 aliphatic rings. The fourth-order valence-corrected chi connectivity index (χ4v) is 2.86. The summed E-state index contributed by atoms with van der Waals surface area (Å²) in [5.41, 5.74) is 0.109. The third-order valence-electron chi connectivity index (χ3n) is 4.79. The van der Waals surface area contributed by atoms with Crippen LogP contribution in [-0.2, 0) is 16.1 Å². The highest BCUT2D eigenvalue weighted by Gasteiger charge is 2.35. The van der Waals surface area contributed by atoms with E-state index in [0.29, 0.717) is 6.42 Å². The first-order chi connectivity index (χ1) is 10.9. The van der Waals surface area contributed by atoms with Crippen molar-refractivity contribution in [2.75, 3.05) is 13.1 Å². The molecule has 0 aromatic heterocycles. The third-order valence-corrected chi connectivity index (χ3v) is 4.79. The molecule has 126 valence electrons. The van der Waals surface area contributed by atoms with Crippen molar-refractivity contribution in [2.24, 2.45) is 5.92 Å². The molecule has 1 atom stereocenters. The quantitative estimate of drug-likeness (QED) is 0.844. The molecule has 1 aromatic rings. The van der Waals surface area contributed by atoms with Crippen LogP contribution in [0.5, 0.6) is 0 Å². The smallest absolute Gasteiger partial charge is 0.329 e. The van der Waals surface area contributed by atoms with Crippen molar-refractivity contribution >= 4 is 11.9 Å². The Balaban J connectivity index is 1.84. The summed E-state index contributed by atoms with van der Waals surface area (Å²) >= 11 is 0. The first-order valence-corrected chi connectivity index (χ1v) is 8.26. The van der Waals surface area contributed by atoms with Crippen LogP contribution in [0.15, 0.2) is 30.3 Å². The van der Waals surface area contributed by atoms with Crippen LogP contribution in [-0.4, -0.2) is 40.5 Å². The molecule has 0 bridgehead atoms. The lowest BCUT2D eigenvalue weighted by Crippen LogP contribution is -2.54. The van der Waals surface area contributed by atoms with E-state index in [4.69, 9.17) is 0 Å². The Morgan fingerprint density at radius 1 is 1.26 bits per heavy atom. The average Bonchev–Trinajstić information content (AvgIpc) is 2.56. The van der Waals surface area contributed by atoms with E-state index in [1.165, 1.54) is 5.56 Å². The van der Waals surface area contributed by atoms with Gasteiger partial charge in [0.15, 0.2) is 0 Å². The number of carbonyl (C=O) groups is 2. The Kier molecular flexibility index (Phi) is 5.77. The lowest BCUT2D eigenvalue weighted by atomic mass is 9.92. The molecule has 2 rings (SSSR count).